The summed E-state index contributed by atoms with van der Waals surface area (Å²) in [6.07, 6.45) is 0. The van der Waals surface area contributed by atoms with Gasteiger partial charge in [-0.15, -0.1) is 0 Å². The Bertz CT molecular complexity index is 569. The van der Waals surface area contributed by atoms with Gasteiger partial charge in [0.25, 0.3) is 0 Å². The first-order chi connectivity index (χ1) is 8.04. The fourth-order valence-corrected chi connectivity index (χ4v) is 2.71. The number of aliphatic hydroxyl groups is 1. The molecule has 1 aromatic heterocycles. The van der Waals surface area contributed by atoms with Crippen LogP contribution < -0.4 is 0 Å². The zero-order valence-corrected chi connectivity index (χ0v) is 12.0. The Morgan fingerprint density at radius 2 is 2.06 bits per heavy atom. The van der Waals surface area contributed by atoms with Crippen molar-refractivity contribution in [3.63, 3.8) is 0 Å². The summed E-state index contributed by atoms with van der Waals surface area (Å²) < 4.78 is 0.998. The van der Waals surface area contributed by atoms with Crippen molar-refractivity contribution in [2.75, 3.05) is 0 Å². The third kappa shape index (κ3) is 2.32. The molecule has 90 valence electrons. The Morgan fingerprint density at radius 1 is 1.35 bits per heavy atom. The number of pyridine rings is 1. The van der Waals surface area contributed by atoms with Crippen LogP contribution in [0, 0.1) is 0 Å². The first-order valence-electron chi connectivity index (χ1n) is 5.43. The van der Waals surface area contributed by atoms with Crippen molar-refractivity contribution < 1.29 is 5.11 Å². The SMILES string of the molecule is CC(C)c1c(CO)nc(Cl)c2ccc(Br)cc12. The molecule has 0 aliphatic carbocycles. The second kappa shape index (κ2) is 4.92. The van der Waals surface area contributed by atoms with Crippen molar-refractivity contribution in [3.8, 4) is 0 Å². The maximum atomic E-state index is 9.39. The first kappa shape index (κ1) is 12.8. The summed E-state index contributed by atoms with van der Waals surface area (Å²) in [5.74, 6) is 0.290. The van der Waals surface area contributed by atoms with Gasteiger partial charge in [0.15, 0.2) is 0 Å². The number of fused-ring (bicyclic) bond motifs is 1. The fourth-order valence-electron chi connectivity index (χ4n) is 2.08. The monoisotopic (exact) mass is 313 g/mol. The van der Waals surface area contributed by atoms with Crippen LogP contribution in [-0.2, 0) is 6.61 Å². The number of aliphatic hydroxyl groups excluding tert-OH is 1. The minimum atomic E-state index is -0.0876. The molecule has 1 aromatic carbocycles. The summed E-state index contributed by atoms with van der Waals surface area (Å²) in [4.78, 5) is 4.27. The molecule has 0 aliphatic rings. The van der Waals surface area contributed by atoms with Crippen molar-refractivity contribution in [2.45, 2.75) is 26.4 Å². The van der Waals surface area contributed by atoms with E-state index >= 15 is 0 Å². The summed E-state index contributed by atoms with van der Waals surface area (Å²) in [5, 5.41) is 11.8. The lowest BCUT2D eigenvalue weighted by Gasteiger charge is -2.15. The first-order valence-corrected chi connectivity index (χ1v) is 6.60. The van der Waals surface area contributed by atoms with Crippen molar-refractivity contribution in [2.24, 2.45) is 0 Å². The molecule has 2 nitrogen and oxygen atoms in total. The highest BCUT2D eigenvalue weighted by Crippen LogP contribution is 2.33. The van der Waals surface area contributed by atoms with Crippen LogP contribution in [-0.4, -0.2) is 10.1 Å². The Balaban J connectivity index is 2.90. The smallest absolute Gasteiger partial charge is 0.137 e. The molecule has 0 bridgehead atoms. The molecular formula is C13H13BrClNO. The molecule has 1 heterocycles. The molecule has 2 aromatic rings. The van der Waals surface area contributed by atoms with E-state index in [1.165, 1.54) is 0 Å². The summed E-state index contributed by atoms with van der Waals surface area (Å²) >= 11 is 9.59. The van der Waals surface area contributed by atoms with E-state index < -0.39 is 0 Å². The van der Waals surface area contributed by atoms with Gasteiger partial charge in [-0.2, -0.15) is 0 Å². The molecule has 4 heteroatoms. The van der Waals surface area contributed by atoms with Crippen LogP contribution in [0.4, 0.5) is 0 Å². The number of rotatable bonds is 2. The molecular weight excluding hydrogens is 302 g/mol. The van der Waals surface area contributed by atoms with Gasteiger partial charge in [0.1, 0.15) is 5.15 Å². The Morgan fingerprint density at radius 3 is 2.65 bits per heavy atom. The number of benzene rings is 1. The van der Waals surface area contributed by atoms with Gasteiger partial charge in [-0.05, 0) is 29.0 Å². The van der Waals surface area contributed by atoms with Crippen LogP contribution in [0.5, 0.6) is 0 Å². The molecule has 17 heavy (non-hydrogen) atoms. The second-order valence-corrected chi connectivity index (χ2v) is 5.54. The van der Waals surface area contributed by atoms with Crippen LogP contribution in [0.2, 0.25) is 5.15 Å². The highest BCUT2D eigenvalue weighted by Gasteiger charge is 2.15. The maximum Gasteiger partial charge on any atom is 0.137 e. The molecule has 0 saturated heterocycles. The van der Waals surface area contributed by atoms with Crippen LogP contribution in [0.25, 0.3) is 10.8 Å². The molecule has 0 aliphatic heterocycles. The Labute approximate surface area is 114 Å². The van der Waals surface area contributed by atoms with Gasteiger partial charge >= 0.3 is 0 Å². The molecule has 0 radical (unpaired) electrons. The van der Waals surface area contributed by atoms with Crippen molar-refractivity contribution in [3.05, 3.63) is 39.1 Å². The van der Waals surface area contributed by atoms with E-state index in [0.717, 1.165) is 20.8 Å². The van der Waals surface area contributed by atoms with Crippen LogP contribution in [0.3, 0.4) is 0 Å². The summed E-state index contributed by atoms with van der Waals surface area (Å²) in [6.45, 7) is 4.09. The lowest BCUT2D eigenvalue weighted by molar-refractivity contribution is 0.275. The van der Waals surface area contributed by atoms with Gasteiger partial charge in [0.05, 0.1) is 12.3 Å². The quantitative estimate of drug-likeness (QED) is 0.840. The highest BCUT2D eigenvalue weighted by atomic mass is 79.9. The van der Waals surface area contributed by atoms with Gasteiger partial charge in [-0.25, -0.2) is 4.98 Å². The van der Waals surface area contributed by atoms with Crippen molar-refractivity contribution in [1.29, 1.82) is 0 Å². The fraction of sp³-hybridized carbons (Fsp3) is 0.308. The van der Waals surface area contributed by atoms with E-state index in [1.54, 1.807) is 0 Å². The third-order valence-corrected chi connectivity index (χ3v) is 3.55. The van der Waals surface area contributed by atoms with Gasteiger partial charge in [-0.1, -0.05) is 47.4 Å². The molecule has 0 fully saturated rings. The molecule has 2 rings (SSSR count). The molecule has 1 N–H and O–H groups in total. The molecule has 0 atom stereocenters. The zero-order valence-electron chi connectivity index (χ0n) is 9.67. The van der Waals surface area contributed by atoms with Crippen molar-refractivity contribution >= 4 is 38.3 Å². The van der Waals surface area contributed by atoms with E-state index in [0.29, 0.717) is 16.8 Å². The van der Waals surface area contributed by atoms with Gasteiger partial charge in [-0.3, -0.25) is 0 Å². The predicted octanol–water partition coefficient (Wildman–Crippen LogP) is 4.27. The van der Waals surface area contributed by atoms with Gasteiger partial charge < -0.3 is 5.11 Å². The highest BCUT2D eigenvalue weighted by molar-refractivity contribution is 9.10. The van der Waals surface area contributed by atoms with E-state index in [-0.39, 0.29) is 6.61 Å². The predicted molar refractivity (Wildman–Crippen MR) is 74.5 cm³/mol. The molecule has 0 saturated carbocycles. The Hall–Kier alpha value is -0.640. The Kier molecular flexibility index (Phi) is 3.71. The van der Waals surface area contributed by atoms with E-state index in [4.69, 9.17) is 11.6 Å². The minimum Gasteiger partial charge on any atom is -0.390 e. The second-order valence-electron chi connectivity index (χ2n) is 4.27. The molecule has 0 amide bonds. The maximum absolute atomic E-state index is 9.39. The zero-order chi connectivity index (χ0) is 12.6. The van der Waals surface area contributed by atoms with Crippen LogP contribution in [0.15, 0.2) is 22.7 Å². The molecule has 0 spiro atoms. The van der Waals surface area contributed by atoms with Gasteiger partial charge in [0.2, 0.25) is 0 Å². The number of hydrogen-bond donors (Lipinski definition) is 1. The summed E-state index contributed by atoms with van der Waals surface area (Å²) in [7, 11) is 0. The average molecular weight is 315 g/mol. The number of hydrogen-bond acceptors (Lipinski definition) is 2. The van der Waals surface area contributed by atoms with Crippen LogP contribution >= 0.6 is 27.5 Å². The summed E-state index contributed by atoms with van der Waals surface area (Å²) in [6, 6.07) is 5.91. The van der Waals surface area contributed by atoms with Crippen molar-refractivity contribution in [1.82, 2.24) is 4.98 Å². The standard InChI is InChI=1S/C13H13BrClNO/c1-7(2)12-10-5-8(14)3-4-9(10)13(15)16-11(12)6-17/h3-5,7,17H,6H2,1-2H3. The normalized spacial score (nSPS) is 11.4. The summed E-state index contributed by atoms with van der Waals surface area (Å²) in [5.41, 5.74) is 1.73. The number of aromatic nitrogens is 1. The number of halogens is 2. The minimum absolute atomic E-state index is 0.0876. The van der Waals surface area contributed by atoms with E-state index in [2.05, 4.69) is 34.8 Å². The lowest BCUT2D eigenvalue weighted by atomic mass is 9.95. The average Bonchev–Trinajstić information content (AvgIpc) is 2.27. The largest absolute Gasteiger partial charge is 0.390 e. The topological polar surface area (TPSA) is 33.1 Å². The van der Waals surface area contributed by atoms with E-state index in [1.807, 2.05) is 18.2 Å². The molecule has 0 unspecified atom stereocenters. The third-order valence-electron chi connectivity index (χ3n) is 2.77. The van der Waals surface area contributed by atoms with Crippen LogP contribution in [0.1, 0.15) is 31.0 Å². The van der Waals surface area contributed by atoms with Gasteiger partial charge in [0, 0.05) is 9.86 Å². The van der Waals surface area contributed by atoms with E-state index in [9.17, 15) is 5.11 Å². The number of nitrogens with zero attached hydrogens (tertiary/aromatic N) is 1. The lowest BCUT2D eigenvalue weighted by Crippen LogP contribution is -2.02.